The molecule has 0 bridgehead atoms. The summed E-state index contributed by atoms with van der Waals surface area (Å²) >= 11 is 1.73. The first kappa shape index (κ1) is 7.59. The highest BCUT2D eigenvalue weighted by Gasteiger charge is 2.03. The van der Waals surface area contributed by atoms with E-state index in [0.717, 1.165) is 0 Å². The zero-order valence-corrected chi connectivity index (χ0v) is 7.00. The molecule has 0 saturated carbocycles. The van der Waals surface area contributed by atoms with Gasteiger partial charge in [0.15, 0.2) is 12.1 Å². The second kappa shape index (κ2) is 3.05. The average molecular weight is 251 g/mol. The average Bonchev–Trinajstić information content (AvgIpc) is 1.95. The fourth-order valence-electron chi connectivity index (χ4n) is 0.523. The molecule has 52 valence electrons. The van der Waals surface area contributed by atoms with Crippen LogP contribution in [0.1, 0.15) is 10.4 Å². The monoisotopic (exact) mass is 251 g/mol. The minimum atomic E-state index is -0.543. The number of carbonyl (C=O) groups is 1. The molecule has 0 N–H and O–H groups in total. The third-order valence-corrected chi connectivity index (χ3v) is 1.76. The van der Waals surface area contributed by atoms with Crippen molar-refractivity contribution in [1.29, 1.82) is 0 Å². The van der Waals surface area contributed by atoms with Crippen molar-refractivity contribution in [2.24, 2.45) is 0 Å². The van der Waals surface area contributed by atoms with Gasteiger partial charge in [-0.15, -0.1) is 0 Å². The highest BCUT2D eigenvalue weighted by molar-refractivity contribution is 14.1. The smallest absolute Gasteiger partial charge is 0.165 e. The molecule has 0 unspecified atom stereocenters. The summed E-state index contributed by atoms with van der Waals surface area (Å²) in [5.41, 5.74) is 0.0550. The summed E-state index contributed by atoms with van der Waals surface area (Å²) in [5.74, 6) is -0.543. The van der Waals surface area contributed by atoms with Gasteiger partial charge in [0.25, 0.3) is 0 Å². The van der Waals surface area contributed by atoms with Crippen LogP contribution in [0.2, 0.25) is 0 Å². The van der Waals surface area contributed by atoms with Crippen molar-refractivity contribution in [3.05, 3.63) is 27.3 Å². The van der Waals surface area contributed by atoms with Crippen LogP contribution in [-0.4, -0.2) is 11.3 Å². The molecule has 0 aromatic carbocycles. The second-order valence-corrected chi connectivity index (χ2v) is 2.64. The van der Waals surface area contributed by atoms with Gasteiger partial charge in [0.2, 0.25) is 0 Å². The van der Waals surface area contributed by atoms with Crippen LogP contribution in [0.25, 0.3) is 0 Å². The van der Waals surface area contributed by atoms with E-state index < -0.39 is 5.82 Å². The molecule has 0 aliphatic rings. The Balaban J connectivity index is 3.27. The Labute approximate surface area is 70.6 Å². The lowest BCUT2D eigenvalue weighted by Gasteiger charge is -1.93. The van der Waals surface area contributed by atoms with Crippen LogP contribution in [-0.2, 0) is 0 Å². The molecule has 0 atom stereocenters. The van der Waals surface area contributed by atoms with Crippen LogP contribution >= 0.6 is 22.6 Å². The van der Waals surface area contributed by atoms with E-state index in [1.807, 2.05) is 0 Å². The van der Waals surface area contributed by atoms with E-state index in [-0.39, 0.29) is 9.26 Å². The summed E-state index contributed by atoms with van der Waals surface area (Å²) in [4.78, 5) is 13.7. The molecule has 0 aliphatic heterocycles. The number of aldehydes is 1. The Kier molecular flexibility index (Phi) is 2.31. The van der Waals surface area contributed by atoms with Gasteiger partial charge >= 0.3 is 0 Å². The molecule has 1 aromatic rings. The summed E-state index contributed by atoms with van der Waals surface area (Å²) in [6, 6.07) is 1.34. The van der Waals surface area contributed by atoms with Gasteiger partial charge < -0.3 is 0 Å². The van der Waals surface area contributed by atoms with Crippen molar-refractivity contribution in [2.75, 3.05) is 0 Å². The summed E-state index contributed by atoms with van der Waals surface area (Å²) in [7, 11) is 0. The fourth-order valence-corrected chi connectivity index (χ4v) is 0.995. The van der Waals surface area contributed by atoms with Gasteiger partial charge in [-0.05, 0) is 28.7 Å². The maximum atomic E-state index is 12.7. The topological polar surface area (TPSA) is 30.0 Å². The third kappa shape index (κ3) is 1.31. The van der Waals surface area contributed by atoms with E-state index in [9.17, 15) is 9.18 Å². The second-order valence-electron chi connectivity index (χ2n) is 1.62. The van der Waals surface area contributed by atoms with E-state index in [1.54, 1.807) is 22.6 Å². The van der Waals surface area contributed by atoms with Crippen LogP contribution in [0.4, 0.5) is 4.39 Å². The van der Waals surface area contributed by atoms with Crippen LogP contribution in [0.5, 0.6) is 0 Å². The van der Waals surface area contributed by atoms with Crippen molar-refractivity contribution < 1.29 is 9.18 Å². The predicted molar refractivity (Wildman–Crippen MR) is 42.3 cm³/mol. The molecular weight excluding hydrogens is 248 g/mol. The zero-order valence-electron chi connectivity index (χ0n) is 4.84. The molecule has 1 rings (SSSR count). The normalized spacial score (nSPS) is 9.40. The van der Waals surface area contributed by atoms with E-state index in [4.69, 9.17) is 0 Å². The van der Waals surface area contributed by atoms with Crippen molar-refractivity contribution in [3.63, 3.8) is 0 Å². The van der Waals surface area contributed by atoms with Gasteiger partial charge in [-0.3, -0.25) is 4.79 Å². The first-order valence-corrected chi connectivity index (χ1v) is 3.58. The lowest BCUT2D eigenvalue weighted by atomic mass is 10.3. The molecule has 0 fully saturated rings. The largest absolute Gasteiger partial charge is 0.298 e. The molecule has 2 nitrogen and oxygen atoms in total. The molecule has 1 heterocycles. The molecule has 0 spiro atoms. The quantitative estimate of drug-likeness (QED) is 0.431. The highest BCUT2D eigenvalue weighted by atomic mass is 127. The van der Waals surface area contributed by atoms with Crippen LogP contribution in [0, 0.1) is 9.52 Å². The number of hydrogen-bond donors (Lipinski definition) is 0. The van der Waals surface area contributed by atoms with Crippen LogP contribution in [0.3, 0.4) is 0 Å². The van der Waals surface area contributed by atoms with Gasteiger partial charge in [-0.2, -0.15) is 0 Å². The molecule has 0 aliphatic carbocycles. The minimum absolute atomic E-state index is 0.0550. The summed E-state index contributed by atoms with van der Waals surface area (Å²) < 4.78 is 12.9. The van der Waals surface area contributed by atoms with Gasteiger partial charge in [0, 0.05) is 6.20 Å². The lowest BCUT2D eigenvalue weighted by Crippen LogP contribution is -1.92. The summed E-state index contributed by atoms with van der Waals surface area (Å²) in [6.07, 6.45) is 1.87. The number of rotatable bonds is 1. The highest BCUT2D eigenvalue weighted by Crippen LogP contribution is 2.09. The molecule has 0 radical (unpaired) electrons. The number of pyridine rings is 1. The number of hydrogen-bond acceptors (Lipinski definition) is 2. The molecule has 0 amide bonds. The van der Waals surface area contributed by atoms with E-state index in [0.29, 0.717) is 6.29 Å². The minimum Gasteiger partial charge on any atom is -0.298 e. The van der Waals surface area contributed by atoms with Gasteiger partial charge in [-0.1, -0.05) is 0 Å². The van der Waals surface area contributed by atoms with Gasteiger partial charge in [0.1, 0.15) is 3.70 Å². The van der Waals surface area contributed by atoms with E-state index in [2.05, 4.69) is 4.98 Å². The van der Waals surface area contributed by atoms with Crippen molar-refractivity contribution in [2.45, 2.75) is 0 Å². The first-order chi connectivity index (χ1) is 4.75. The Morgan fingerprint density at radius 3 is 2.90 bits per heavy atom. The maximum Gasteiger partial charge on any atom is 0.165 e. The zero-order chi connectivity index (χ0) is 7.56. The standard InChI is InChI=1S/C6H3FINO/c7-5-4(3-10)1-2-9-6(5)8/h1-3H. The predicted octanol–water partition coefficient (Wildman–Crippen LogP) is 1.64. The van der Waals surface area contributed by atoms with E-state index in [1.165, 1.54) is 12.3 Å². The fraction of sp³-hybridized carbons (Fsp3) is 0. The van der Waals surface area contributed by atoms with E-state index >= 15 is 0 Å². The number of aromatic nitrogens is 1. The maximum absolute atomic E-state index is 12.7. The Bertz CT molecular complexity index is 264. The number of nitrogens with zero attached hydrogens (tertiary/aromatic N) is 1. The SMILES string of the molecule is O=Cc1ccnc(I)c1F. The van der Waals surface area contributed by atoms with Crippen LogP contribution in [0.15, 0.2) is 12.3 Å². The number of carbonyl (C=O) groups excluding carboxylic acids is 1. The lowest BCUT2D eigenvalue weighted by molar-refractivity contribution is 0.111. The first-order valence-electron chi connectivity index (χ1n) is 2.51. The van der Waals surface area contributed by atoms with Gasteiger partial charge in [-0.25, -0.2) is 9.37 Å². The molecular formula is C6H3FINO. The molecule has 10 heavy (non-hydrogen) atoms. The Morgan fingerprint density at radius 2 is 2.40 bits per heavy atom. The summed E-state index contributed by atoms with van der Waals surface area (Å²) in [6.45, 7) is 0. The van der Waals surface area contributed by atoms with Gasteiger partial charge in [0.05, 0.1) is 5.56 Å². The van der Waals surface area contributed by atoms with Crippen molar-refractivity contribution >= 4 is 28.9 Å². The molecule has 4 heteroatoms. The van der Waals surface area contributed by atoms with Crippen molar-refractivity contribution in [3.8, 4) is 0 Å². The molecule has 1 aromatic heterocycles. The molecule has 0 saturated heterocycles. The van der Waals surface area contributed by atoms with Crippen LogP contribution < -0.4 is 0 Å². The third-order valence-electron chi connectivity index (χ3n) is 1.00. The number of halogens is 2. The summed E-state index contributed by atoms with van der Waals surface area (Å²) in [5, 5.41) is 0. The Hall–Kier alpha value is -0.520. The van der Waals surface area contributed by atoms with Crippen molar-refractivity contribution in [1.82, 2.24) is 4.98 Å². The Morgan fingerprint density at radius 1 is 1.70 bits per heavy atom.